The molecule has 2 aromatic carbocycles. The number of ether oxygens (including phenoxy) is 1. The molecular formula is C20H15ClN2O4. The Morgan fingerprint density at radius 2 is 1.85 bits per heavy atom. The molecule has 0 atom stereocenters. The highest BCUT2D eigenvalue weighted by Crippen LogP contribution is 2.27. The number of urea groups is 1. The predicted molar refractivity (Wildman–Crippen MR) is 103 cm³/mol. The second kappa shape index (κ2) is 7.88. The molecule has 1 N–H and O–H groups in total. The molecule has 0 aliphatic carbocycles. The lowest BCUT2D eigenvalue weighted by Gasteiger charge is -2.26. The van der Waals surface area contributed by atoms with Crippen LogP contribution in [0.3, 0.4) is 0 Å². The number of anilines is 1. The Labute approximate surface area is 160 Å². The normalized spacial score (nSPS) is 15.7. The summed E-state index contributed by atoms with van der Waals surface area (Å²) in [6, 6.07) is 12.4. The molecule has 1 saturated heterocycles. The molecule has 0 bridgehead atoms. The van der Waals surface area contributed by atoms with Gasteiger partial charge in [0, 0.05) is 0 Å². The minimum Gasteiger partial charge on any atom is -0.488 e. The fourth-order valence-electron chi connectivity index (χ4n) is 2.51. The van der Waals surface area contributed by atoms with Gasteiger partial charge >= 0.3 is 6.03 Å². The van der Waals surface area contributed by atoms with Crippen LogP contribution in [0.4, 0.5) is 10.5 Å². The standard InChI is InChI=1S/C20H15ClN2O4/c1-2-10-27-17-9-8-13(12-16(17)21)11-15-18(24)22-20(26)23(19(15)25)14-6-4-3-5-7-14/h2-9,11-12H,1,10H2,(H,22,24,26)/b15-11+. The zero-order valence-corrected chi connectivity index (χ0v) is 14.9. The first-order valence-electron chi connectivity index (χ1n) is 8.01. The van der Waals surface area contributed by atoms with E-state index in [1.165, 1.54) is 6.08 Å². The Bertz CT molecular complexity index is 954. The summed E-state index contributed by atoms with van der Waals surface area (Å²) >= 11 is 6.16. The number of carbonyl (C=O) groups excluding carboxylic acids is 3. The average Bonchev–Trinajstić information content (AvgIpc) is 2.65. The number of nitrogens with zero attached hydrogens (tertiary/aromatic N) is 1. The second-order valence-corrected chi connectivity index (χ2v) is 5.99. The molecule has 0 aromatic heterocycles. The number of hydrogen-bond acceptors (Lipinski definition) is 4. The molecular weight excluding hydrogens is 368 g/mol. The maximum absolute atomic E-state index is 12.8. The molecule has 7 heteroatoms. The number of para-hydroxylation sites is 1. The molecule has 136 valence electrons. The largest absolute Gasteiger partial charge is 0.488 e. The maximum atomic E-state index is 12.8. The van der Waals surface area contributed by atoms with E-state index < -0.39 is 17.8 Å². The maximum Gasteiger partial charge on any atom is 0.335 e. The Hall–Kier alpha value is -3.38. The number of hydrogen-bond donors (Lipinski definition) is 1. The smallest absolute Gasteiger partial charge is 0.335 e. The summed E-state index contributed by atoms with van der Waals surface area (Å²) in [5.41, 5.74) is 0.714. The lowest BCUT2D eigenvalue weighted by Crippen LogP contribution is -2.54. The molecule has 1 aliphatic rings. The van der Waals surface area contributed by atoms with Gasteiger partial charge in [0.1, 0.15) is 17.9 Å². The van der Waals surface area contributed by atoms with Gasteiger partial charge in [0.15, 0.2) is 0 Å². The second-order valence-electron chi connectivity index (χ2n) is 5.58. The van der Waals surface area contributed by atoms with Gasteiger partial charge < -0.3 is 4.74 Å². The highest BCUT2D eigenvalue weighted by Gasteiger charge is 2.36. The van der Waals surface area contributed by atoms with Crippen molar-refractivity contribution in [2.75, 3.05) is 11.5 Å². The van der Waals surface area contributed by atoms with Crippen molar-refractivity contribution in [1.29, 1.82) is 0 Å². The molecule has 1 fully saturated rings. The van der Waals surface area contributed by atoms with Gasteiger partial charge in [-0.3, -0.25) is 14.9 Å². The number of carbonyl (C=O) groups is 3. The van der Waals surface area contributed by atoms with Crippen LogP contribution < -0.4 is 15.0 Å². The predicted octanol–water partition coefficient (Wildman–Crippen LogP) is 3.57. The monoisotopic (exact) mass is 382 g/mol. The zero-order valence-electron chi connectivity index (χ0n) is 14.1. The number of amides is 4. The number of imide groups is 2. The van der Waals surface area contributed by atoms with Crippen LogP contribution >= 0.6 is 11.6 Å². The number of nitrogens with one attached hydrogen (secondary N) is 1. The quantitative estimate of drug-likeness (QED) is 0.487. The topological polar surface area (TPSA) is 75.7 Å². The lowest BCUT2D eigenvalue weighted by atomic mass is 10.1. The van der Waals surface area contributed by atoms with E-state index in [0.717, 1.165) is 4.90 Å². The summed E-state index contributed by atoms with van der Waals surface area (Å²) in [6.07, 6.45) is 2.97. The lowest BCUT2D eigenvalue weighted by molar-refractivity contribution is -0.122. The Balaban J connectivity index is 1.93. The highest BCUT2D eigenvalue weighted by molar-refractivity contribution is 6.39. The highest BCUT2D eigenvalue weighted by atomic mass is 35.5. The molecule has 3 rings (SSSR count). The third kappa shape index (κ3) is 3.91. The summed E-state index contributed by atoms with van der Waals surface area (Å²) in [6.45, 7) is 3.86. The number of barbiturate groups is 1. The van der Waals surface area contributed by atoms with Gasteiger partial charge in [-0.15, -0.1) is 0 Å². The van der Waals surface area contributed by atoms with Crippen LogP contribution in [-0.2, 0) is 9.59 Å². The molecule has 27 heavy (non-hydrogen) atoms. The van der Waals surface area contributed by atoms with Crippen LogP contribution in [-0.4, -0.2) is 24.5 Å². The van der Waals surface area contributed by atoms with Gasteiger partial charge in [0.25, 0.3) is 11.8 Å². The molecule has 6 nitrogen and oxygen atoms in total. The van der Waals surface area contributed by atoms with Crippen molar-refractivity contribution >= 4 is 41.2 Å². The molecule has 0 unspecified atom stereocenters. The zero-order chi connectivity index (χ0) is 19.4. The van der Waals surface area contributed by atoms with Crippen molar-refractivity contribution in [2.24, 2.45) is 0 Å². The van der Waals surface area contributed by atoms with Gasteiger partial charge in [0.05, 0.1) is 10.7 Å². The van der Waals surface area contributed by atoms with Crippen LogP contribution in [0.15, 0.2) is 66.8 Å². The van der Waals surface area contributed by atoms with E-state index in [-0.39, 0.29) is 5.57 Å². The summed E-state index contributed by atoms with van der Waals surface area (Å²) in [5.74, 6) is -1.02. The first-order valence-corrected chi connectivity index (χ1v) is 8.39. The molecule has 0 saturated carbocycles. The van der Waals surface area contributed by atoms with Crippen molar-refractivity contribution < 1.29 is 19.1 Å². The number of halogens is 1. The van der Waals surface area contributed by atoms with Gasteiger partial charge in [0.2, 0.25) is 0 Å². The fourth-order valence-corrected chi connectivity index (χ4v) is 2.75. The molecule has 1 heterocycles. The molecule has 1 aliphatic heterocycles. The number of benzene rings is 2. The third-order valence-corrected chi connectivity index (χ3v) is 4.04. The van der Waals surface area contributed by atoms with E-state index in [1.54, 1.807) is 54.6 Å². The minimum atomic E-state index is -0.792. The Morgan fingerprint density at radius 3 is 2.52 bits per heavy atom. The van der Waals surface area contributed by atoms with E-state index in [9.17, 15) is 14.4 Å². The van der Waals surface area contributed by atoms with Gasteiger partial charge in [-0.2, -0.15) is 0 Å². The first-order chi connectivity index (χ1) is 13.0. The average molecular weight is 383 g/mol. The third-order valence-electron chi connectivity index (χ3n) is 3.74. The number of rotatable bonds is 5. The summed E-state index contributed by atoms with van der Waals surface area (Å²) in [7, 11) is 0. The van der Waals surface area contributed by atoms with E-state index in [2.05, 4.69) is 11.9 Å². The van der Waals surface area contributed by atoms with E-state index in [4.69, 9.17) is 16.3 Å². The Kier molecular flexibility index (Phi) is 5.38. The van der Waals surface area contributed by atoms with Crippen molar-refractivity contribution in [3.8, 4) is 5.75 Å². The molecule has 0 spiro atoms. The fraction of sp³-hybridized carbons (Fsp3) is 0.0500. The van der Waals surface area contributed by atoms with Crippen LogP contribution in [0.5, 0.6) is 5.75 Å². The molecule has 0 radical (unpaired) electrons. The van der Waals surface area contributed by atoms with E-state index >= 15 is 0 Å². The van der Waals surface area contributed by atoms with Crippen LogP contribution in [0, 0.1) is 0 Å². The van der Waals surface area contributed by atoms with Crippen molar-refractivity contribution in [1.82, 2.24) is 5.32 Å². The van der Waals surface area contributed by atoms with Crippen molar-refractivity contribution in [2.45, 2.75) is 0 Å². The summed E-state index contributed by atoms with van der Waals surface area (Å²) < 4.78 is 5.39. The van der Waals surface area contributed by atoms with E-state index in [0.29, 0.717) is 28.6 Å². The van der Waals surface area contributed by atoms with Crippen LogP contribution in [0.1, 0.15) is 5.56 Å². The van der Waals surface area contributed by atoms with Crippen molar-refractivity contribution in [3.63, 3.8) is 0 Å². The van der Waals surface area contributed by atoms with Crippen LogP contribution in [0.2, 0.25) is 5.02 Å². The molecule has 2 aromatic rings. The minimum absolute atomic E-state index is 0.172. The summed E-state index contributed by atoms with van der Waals surface area (Å²) in [4.78, 5) is 38.0. The summed E-state index contributed by atoms with van der Waals surface area (Å²) in [5, 5.41) is 2.50. The SMILES string of the molecule is C=CCOc1ccc(/C=C2\C(=O)NC(=O)N(c3ccccc3)C2=O)cc1Cl. The van der Waals surface area contributed by atoms with Gasteiger partial charge in [-0.05, 0) is 35.9 Å². The van der Waals surface area contributed by atoms with Crippen LogP contribution in [0.25, 0.3) is 6.08 Å². The van der Waals surface area contributed by atoms with Gasteiger partial charge in [-0.25, -0.2) is 9.69 Å². The van der Waals surface area contributed by atoms with Gasteiger partial charge in [-0.1, -0.05) is 48.5 Å². The van der Waals surface area contributed by atoms with E-state index in [1.807, 2.05) is 0 Å². The molecule has 4 amide bonds. The van der Waals surface area contributed by atoms with Crippen molar-refractivity contribution in [3.05, 3.63) is 77.3 Å². The Morgan fingerprint density at radius 1 is 1.11 bits per heavy atom. The first kappa shape index (κ1) is 18.4.